The first-order valence-corrected chi connectivity index (χ1v) is 6.33. The zero-order valence-corrected chi connectivity index (χ0v) is 10.1. The first-order valence-electron chi connectivity index (χ1n) is 6.33. The fourth-order valence-corrected chi connectivity index (χ4v) is 3.45. The number of aromatic nitrogens is 3. The number of aryl methyl sites for hydroxylation is 2. The van der Waals surface area contributed by atoms with Gasteiger partial charge in [0.15, 0.2) is 0 Å². The van der Waals surface area contributed by atoms with Crippen LogP contribution in [0.25, 0.3) is 0 Å². The van der Waals surface area contributed by atoms with Crippen LogP contribution in [0, 0.1) is 17.8 Å². The summed E-state index contributed by atoms with van der Waals surface area (Å²) in [5.41, 5.74) is 2.62. The van der Waals surface area contributed by atoms with Gasteiger partial charge < -0.3 is 5.32 Å². The fourth-order valence-electron chi connectivity index (χ4n) is 3.45. The van der Waals surface area contributed by atoms with Crippen LogP contribution in [0.4, 0.5) is 0 Å². The van der Waals surface area contributed by atoms with Gasteiger partial charge in [0.1, 0.15) is 0 Å². The van der Waals surface area contributed by atoms with Gasteiger partial charge in [0, 0.05) is 7.05 Å². The molecular weight excluding hydrogens is 200 g/mol. The van der Waals surface area contributed by atoms with E-state index in [0.717, 1.165) is 24.2 Å². The van der Waals surface area contributed by atoms with Crippen molar-refractivity contribution < 1.29 is 0 Å². The Kier molecular flexibility index (Phi) is 2.46. The van der Waals surface area contributed by atoms with Gasteiger partial charge in [0.2, 0.25) is 0 Å². The lowest BCUT2D eigenvalue weighted by Gasteiger charge is -2.07. The molecule has 0 amide bonds. The second kappa shape index (κ2) is 3.84. The Balaban J connectivity index is 1.73. The molecule has 1 aromatic rings. The van der Waals surface area contributed by atoms with Crippen molar-refractivity contribution in [2.24, 2.45) is 24.8 Å². The summed E-state index contributed by atoms with van der Waals surface area (Å²) in [4.78, 5) is 0. The summed E-state index contributed by atoms with van der Waals surface area (Å²) in [7, 11) is 4.08. The van der Waals surface area contributed by atoms with Crippen molar-refractivity contribution in [2.45, 2.75) is 25.7 Å². The van der Waals surface area contributed by atoms with Crippen LogP contribution in [0.5, 0.6) is 0 Å². The number of fused-ring (bicyclic) bond motifs is 2. The highest BCUT2D eigenvalue weighted by molar-refractivity contribution is 5.15. The van der Waals surface area contributed by atoms with Gasteiger partial charge in [-0.15, -0.1) is 5.10 Å². The summed E-state index contributed by atoms with van der Waals surface area (Å²) < 4.78 is 1.96. The lowest BCUT2D eigenvalue weighted by molar-refractivity contribution is 0.566. The van der Waals surface area contributed by atoms with Crippen LogP contribution in [0.2, 0.25) is 0 Å². The number of hydrogen-bond donors (Lipinski definition) is 1. The number of rotatable bonds is 2. The van der Waals surface area contributed by atoms with Gasteiger partial charge in [-0.2, -0.15) is 0 Å². The summed E-state index contributed by atoms with van der Waals surface area (Å²) in [6.45, 7) is 1.19. The van der Waals surface area contributed by atoms with Gasteiger partial charge in [-0.25, -0.2) is 0 Å². The maximum atomic E-state index is 4.28. The standard InChI is InChI=1S/C12H20N4/c1-13-7-10-8-3-5-11-12(6-4-9(8)10)16(2)15-14-11/h8-10,13H,3-7H2,1-2H3/t8-,9+,10-/m0/s1. The third-order valence-electron chi connectivity index (χ3n) is 4.40. The van der Waals surface area contributed by atoms with Gasteiger partial charge in [-0.1, -0.05) is 5.21 Å². The molecule has 3 atom stereocenters. The second-order valence-electron chi connectivity index (χ2n) is 5.23. The van der Waals surface area contributed by atoms with Gasteiger partial charge in [-0.05, 0) is 57.0 Å². The summed E-state index contributed by atoms with van der Waals surface area (Å²) in [5.74, 6) is 2.82. The largest absolute Gasteiger partial charge is 0.319 e. The van der Waals surface area contributed by atoms with E-state index in [1.165, 1.54) is 37.2 Å². The summed E-state index contributed by atoms with van der Waals surface area (Å²) in [6.07, 6.45) is 4.93. The molecule has 0 spiro atoms. The van der Waals surface area contributed by atoms with Gasteiger partial charge in [0.05, 0.1) is 11.4 Å². The Morgan fingerprint density at radius 2 is 2.06 bits per heavy atom. The Labute approximate surface area is 96.4 Å². The van der Waals surface area contributed by atoms with Crippen molar-refractivity contribution in [3.05, 3.63) is 11.4 Å². The van der Waals surface area contributed by atoms with Crippen LogP contribution in [0.1, 0.15) is 24.2 Å². The van der Waals surface area contributed by atoms with Crippen molar-refractivity contribution in [2.75, 3.05) is 13.6 Å². The maximum Gasteiger partial charge on any atom is 0.0859 e. The van der Waals surface area contributed by atoms with Crippen LogP contribution < -0.4 is 5.32 Å². The molecular formula is C12H20N4. The first kappa shape index (κ1) is 10.3. The topological polar surface area (TPSA) is 42.7 Å². The SMILES string of the molecule is CNC[C@@H]1[C@@H]2CCc3c(nnn3C)CC[C@@H]21. The van der Waals surface area contributed by atoms with Crippen LogP contribution >= 0.6 is 0 Å². The highest BCUT2D eigenvalue weighted by atomic mass is 15.4. The van der Waals surface area contributed by atoms with E-state index in [1.54, 1.807) is 0 Å². The average Bonchev–Trinajstić information content (AvgIpc) is 2.76. The van der Waals surface area contributed by atoms with Crippen LogP contribution in [-0.2, 0) is 19.9 Å². The van der Waals surface area contributed by atoms with E-state index in [1.807, 2.05) is 11.7 Å². The number of hydrogen-bond acceptors (Lipinski definition) is 3. The lowest BCUT2D eigenvalue weighted by Crippen LogP contribution is -2.11. The molecule has 2 aliphatic carbocycles. The van der Waals surface area contributed by atoms with Crippen molar-refractivity contribution in [1.29, 1.82) is 0 Å². The van der Waals surface area contributed by atoms with Gasteiger partial charge in [0.25, 0.3) is 0 Å². The van der Waals surface area contributed by atoms with E-state index in [4.69, 9.17) is 0 Å². The summed E-state index contributed by atoms with van der Waals surface area (Å²) in [6, 6.07) is 0. The minimum atomic E-state index is 0.923. The van der Waals surface area contributed by atoms with E-state index < -0.39 is 0 Å². The Morgan fingerprint density at radius 1 is 1.31 bits per heavy atom. The molecule has 1 heterocycles. The third-order valence-corrected chi connectivity index (χ3v) is 4.40. The number of nitrogens with zero attached hydrogens (tertiary/aromatic N) is 3. The fraction of sp³-hybridized carbons (Fsp3) is 0.833. The molecule has 0 aromatic carbocycles. The van der Waals surface area contributed by atoms with Crippen molar-refractivity contribution >= 4 is 0 Å². The van der Waals surface area contributed by atoms with Crippen molar-refractivity contribution in [1.82, 2.24) is 20.3 Å². The van der Waals surface area contributed by atoms with E-state index in [-0.39, 0.29) is 0 Å². The van der Waals surface area contributed by atoms with Crippen LogP contribution in [0.15, 0.2) is 0 Å². The molecule has 1 aromatic heterocycles. The Morgan fingerprint density at radius 3 is 2.81 bits per heavy atom. The molecule has 1 N–H and O–H groups in total. The van der Waals surface area contributed by atoms with Crippen LogP contribution in [-0.4, -0.2) is 28.6 Å². The second-order valence-corrected chi connectivity index (χ2v) is 5.23. The molecule has 0 unspecified atom stereocenters. The molecule has 0 radical (unpaired) electrons. The quantitative estimate of drug-likeness (QED) is 0.801. The monoisotopic (exact) mass is 220 g/mol. The average molecular weight is 220 g/mol. The van der Waals surface area contributed by atoms with E-state index >= 15 is 0 Å². The molecule has 1 saturated carbocycles. The molecule has 2 aliphatic rings. The minimum Gasteiger partial charge on any atom is -0.319 e. The maximum absolute atomic E-state index is 4.28. The van der Waals surface area contributed by atoms with Crippen LogP contribution in [0.3, 0.4) is 0 Å². The zero-order valence-electron chi connectivity index (χ0n) is 10.1. The van der Waals surface area contributed by atoms with E-state index in [0.29, 0.717) is 0 Å². The molecule has 88 valence electrons. The molecule has 0 saturated heterocycles. The molecule has 0 bridgehead atoms. The molecule has 4 nitrogen and oxygen atoms in total. The molecule has 0 aliphatic heterocycles. The minimum absolute atomic E-state index is 0.923. The lowest BCUT2D eigenvalue weighted by atomic mass is 10.0. The highest BCUT2D eigenvalue weighted by Crippen LogP contribution is 2.52. The molecule has 4 heteroatoms. The zero-order chi connectivity index (χ0) is 11.1. The predicted molar refractivity (Wildman–Crippen MR) is 62.0 cm³/mol. The predicted octanol–water partition coefficient (Wildman–Crippen LogP) is 0.775. The number of nitrogens with one attached hydrogen (secondary N) is 1. The first-order chi connectivity index (χ1) is 7.81. The van der Waals surface area contributed by atoms with E-state index in [2.05, 4.69) is 22.7 Å². The van der Waals surface area contributed by atoms with Crippen molar-refractivity contribution in [3.63, 3.8) is 0 Å². The Hall–Kier alpha value is -0.900. The highest BCUT2D eigenvalue weighted by Gasteiger charge is 2.48. The molecule has 3 rings (SSSR count). The molecule has 1 fully saturated rings. The summed E-state index contributed by atoms with van der Waals surface area (Å²) >= 11 is 0. The smallest absolute Gasteiger partial charge is 0.0859 e. The van der Waals surface area contributed by atoms with Gasteiger partial charge >= 0.3 is 0 Å². The van der Waals surface area contributed by atoms with Crippen molar-refractivity contribution in [3.8, 4) is 0 Å². The summed E-state index contributed by atoms with van der Waals surface area (Å²) in [5, 5.41) is 11.7. The third kappa shape index (κ3) is 1.56. The normalized spacial score (nSPS) is 32.5. The molecule has 16 heavy (non-hydrogen) atoms. The van der Waals surface area contributed by atoms with Gasteiger partial charge in [-0.3, -0.25) is 4.68 Å². The van der Waals surface area contributed by atoms with E-state index in [9.17, 15) is 0 Å². The Bertz CT molecular complexity index is 384.